The molecule has 0 unspecified atom stereocenters. The Labute approximate surface area is 98.3 Å². The van der Waals surface area contributed by atoms with Gasteiger partial charge in [-0.2, -0.15) is 0 Å². The number of halogens is 1. The molecule has 16 heavy (non-hydrogen) atoms. The summed E-state index contributed by atoms with van der Waals surface area (Å²) in [5.41, 5.74) is 0.991. The van der Waals surface area contributed by atoms with E-state index in [2.05, 4.69) is 4.98 Å². The van der Waals surface area contributed by atoms with Gasteiger partial charge in [-0.1, -0.05) is 23.7 Å². The molecule has 0 aliphatic heterocycles. The molecule has 0 fully saturated rings. The zero-order valence-electron chi connectivity index (χ0n) is 8.85. The Kier molecular flexibility index (Phi) is 3.06. The molecule has 82 valence electrons. The first kappa shape index (κ1) is 10.9. The van der Waals surface area contributed by atoms with Crippen LogP contribution >= 0.6 is 11.6 Å². The predicted molar refractivity (Wildman–Crippen MR) is 63.8 cm³/mol. The van der Waals surface area contributed by atoms with Crippen molar-refractivity contribution in [3.63, 3.8) is 0 Å². The van der Waals surface area contributed by atoms with Gasteiger partial charge in [-0.25, -0.2) is 4.98 Å². The second-order valence-electron chi connectivity index (χ2n) is 3.54. The average molecular weight is 235 g/mol. The van der Waals surface area contributed by atoms with Crippen molar-refractivity contribution in [1.29, 1.82) is 0 Å². The van der Waals surface area contributed by atoms with E-state index >= 15 is 0 Å². The first-order valence-corrected chi connectivity index (χ1v) is 5.31. The Morgan fingerprint density at radius 2 is 1.94 bits per heavy atom. The molecule has 3 nitrogen and oxygen atoms in total. The van der Waals surface area contributed by atoms with Crippen molar-refractivity contribution < 1.29 is 0 Å². The molecule has 0 spiro atoms. The van der Waals surface area contributed by atoms with Crippen molar-refractivity contribution >= 4 is 11.6 Å². The number of aryl methyl sites for hydroxylation is 1. The van der Waals surface area contributed by atoms with E-state index in [4.69, 9.17) is 11.6 Å². The summed E-state index contributed by atoms with van der Waals surface area (Å²) >= 11 is 5.80. The molecule has 0 radical (unpaired) electrons. The topological polar surface area (TPSA) is 34.9 Å². The third kappa shape index (κ3) is 2.31. The number of benzene rings is 1. The van der Waals surface area contributed by atoms with Crippen LogP contribution in [-0.4, -0.2) is 9.55 Å². The molecule has 1 heterocycles. The molecular formula is C12H11ClN2O. The van der Waals surface area contributed by atoms with Crippen LogP contribution in [0.5, 0.6) is 0 Å². The zero-order valence-corrected chi connectivity index (χ0v) is 9.61. The van der Waals surface area contributed by atoms with Gasteiger partial charge in [0.15, 0.2) is 0 Å². The fourth-order valence-corrected chi connectivity index (χ4v) is 1.62. The van der Waals surface area contributed by atoms with E-state index in [-0.39, 0.29) is 5.56 Å². The highest BCUT2D eigenvalue weighted by molar-refractivity contribution is 6.30. The van der Waals surface area contributed by atoms with Crippen molar-refractivity contribution in [3.8, 4) is 0 Å². The molecule has 2 aromatic rings. The van der Waals surface area contributed by atoms with Crippen molar-refractivity contribution in [3.05, 3.63) is 63.3 Å². The lowest BCUT2D eigenvalue weighted by atomic mass is 10.2. The fourth-order valence-electron chi connectivity index (χ4n) is 1.49. The molecule has 0 N–H and O–H groups in total. The first-order valence-electron chi connectivity index (χ1n) is 4.94. The molecule has 4 heteroatoms. The number of nitrogens with zero attached hydrogens (tertiary/aromatic N) is 2. The Morgan fingerprint density at radius 1 is 1.25 bits per heavy atom. The van der Waals surface area contributed by atoms with E-state index in [1.54, 1.807) is 4.57 Å². The van der Waals surface area contributed by atoms with E-state index in [0.29, 0.717) is 17.4 Å². The third-order valence-electron chi connectivity index (χ3n) is 2.39. The maximum Gasteiger partial charge on any atom is 0.253 e. The Hall–Kier alpha value is -1.61. The molecule has 0 atom stereocenters. The van der Waals surface area contributed by atoms with Crippen molar-refractivity contribution in [2.75, 3.05) is 0 Å². The summed E-state index contributed by atoms with van der Waals surface area (Å²) in [6, 6.07) is 8.90. The van der Waals surface area contributed by atoms with Crippen LogP contribution in [0.25, 0.3) is 0 Å². The monoisotopic (exact) mass is 234 g/mol. The first-order chi connectivity index (χ1) is 7.66. The summed E-state index contributed by atoms with van der Waals surface area (Å²) < 4.78 is 1.63. The summed E-state index contributed by atoms with van der Waals surface area (Å²) in [4.78, 5) is 15.7. The van der Waals surface area contributed by atoms with Gasteiger partial charge in [0.1, 0.15) is 5.82 Å². The Bertz CT molecular complexity index is 546. The van der Waals surface area contributed by atoms with Gasteiger partial charge >= 0.3 is 0 Å². The average Bonchev–Trinajstić information content (AvgIpc) is 2.26. The van der Waals surface area contributed by atoms with Gasteiger partial charge < -0.3 is 0 Å². The second kappa shape index (κ2) is 4.49. The van der Waals surface area contributed by atoms with Crippen molar-refractivity contribution in [2.45, 2.75) is 13.5 Å². The van der Waals surface area contributed by atoms with E-state index in [0.717, 1.165) is 5.56 Å². The molecule has 0 bridgehead atoms. The van der Waals surface area contributed by atoms with E-state index in [1.807, 2.05) is 31.2 Å². The lowest BCUT2D eigenvalue weighted by Gasteiger charge is -2.08. The molecule has 0 saturated carbocycles. The van der Waals surface area contributed by atoms with Gasteiger partial charge in [0.05, 0.1) is 6.54 Å². The SMILES string of the molecule is Cc1nccc(=O)n1Cc1ccc(Cl)cc1. The number of hydrogen-bond donors (Lipinski definition) is 0. The molecule has 2 rings (SSSR count). The number of hydrogen-bond acceptors (Lipinski definition) is 2. The van der Waals surface area contributed by atoms with E-state index in [1.165, 1.54) is 12.3 Å². The van der Waals surface area contributed by atoms with Crippen molar-refractivity contribution in [2.24, 2.45) is 0 Å². The van der Waals surface area contributed by atoms with Gasteiger partial charge in [-0.15, -0.1) is 0 Å². The normalized spacial score (nSPS) is 10.4. The smallest absolute Gasteiger partial charge is 0.253 e. The lowest BCUT2D eigenvalue weighted by Crippen LogP contribution is -2.22. The quantitative estimate of drug-likeness (QED) is 0.799. The third-order valence-corrected chi connectivity index (χ3v) is 2.64. The van der Waals surface area contributed by atoms with Crippen LogP contribution in [0.4, 0.5) is 0 Å². The minimum Gasteiger partial charge on any atom is -0.292 e. The zero-order chi connectivity index (χ0) is 11.5. The van der Waals surface area contributed by atoms with Crippen LogP contribution in [-0.2, 0) is 6.54 Å². The maximum absolute atomic E-state index is 11.6. The maximum atomic E-state index is 11.6. The largest absolute Gasteiger partial charge is 0.292 e. The highest BCUT2D eigenvalue weighted by atomic mass is 35.5. The number of aromatic nitrogens is 2. The molecule has 0 saturated heterocycles. The number of rotatable bonds is 2. The van der Waals surface area contributed by atoms with Gasteiger partial charge in [0.25, 0.3) is 5.56 Å². The summed E-state index contributed by atoms with van der Waals surface area (Å²) in [6.07, 6.45) is 1.52. The summed E-state index contributed by atoms with van der Waals surface area (Å²) in [5.74, 6) is 0.711. The summed E-state index contributed by atoms with van der Waals surface area (Å²) in [5, 5.41) is 0.694. The van der Waals surface area contributed by atoms with Gasteiger partial charge in [0, 0.05) is 17.3 Å². The Morgan fingerprint density at radius 3 is 2.56 bits per heavy atom. The second-order valence-corrected chi connectivity index (χ2v) is 3.98. The minimum atomic E-state index is -0.0394. The van der Waals surface area contributed by atoms with Crippen LogP contribution < -0.4 is 5.56 Å². The molecular weight excluding hydrogens is 224 g/mol. The Balaban J connectivity index is 2.34. The van der Waals surface area contributed by atoms with Crippen LogP contribution in [0.2, 0.25) is 5.02 Å². The lowest BCUT2D eigenvalue weighted by molar-refractivity contribution is 0.700. The van der Waals surface area contributed by atoms with Crippen LogP contribution in [0, 0.1) is 6.92 Å². The fraction of sp³-hybridized carbons (Fsp3) is 0.167. The minimum absolute atomic E-state index is 0.0394. The molecule has 0 aliphatic rings. The molecule has 1 aromatic carbocycles. The van der Waals surface area contributed by atoms with Gasteiger partial charge in [0.2, 0.25) is 0 Å². The van der Waals surface area contributed by atoms with E-state index < -0.39 is 0 Å². The molecule has 0 amide bonds. The van der Waals surface area contributed by atoms with Crippen LogP contribution in [0.1, 0.15) is 11.4 Å². The van der Waals surface area contributed by atoms with Crippen LogP contribution in [0.15, 0.2) is 41.3 Å². The molecule has 1 aromatic heterocycles. The summed E-state index contributed by atoms with van der Waals surface area (Å²) in [6.45, 7) is 2.34. The highest BCUT2D eigenvalue weighted by Gasteiger charge is 2.01. The predicted octanol–water partition coefficient (Wildman–Crippen LogP) is 2.25. The van der Waals surface area contributed by atoms with Gasteiger partial charge in [-0.3, -0.25) is 9.36 Å². The highest BCUT2D eigenvalue weighted by Crippen LogP contribution is 2.10. The standard InChI is InChI=1S/C12H11ClN2O/c1-9-14-7-6-12(16)15(9)8-10-2-4-11(13)5-3-10/h2-7H,8H2,1H3. The van der Waals surface area contributed by atoms with Crippen LogP contribution in [0.3, 0.4) is 0 Å². The van der Waals surface area contributed by atoms with Crippen molar-refractivity contribution in [1.82, 2.24) is 9.55 Å². The summed E-state index contributed by atoms with van der Waals surface area (Å²) in [7, 11) is 0. The van der Waals surface area contributed by atoms with E-state index in [9.17, 15) is 4.79 Å². The molecule has 0 aliphatic carbocycles. The van der Waals surface area contributed by atoms with Gasteiger partial charge in [-0.05, 0) is 24.6 Å².